The maximum Gasteiger partial charge on any atom is 0.252 e. The number of carbonyl (C=O) groups is 1. The Hall–Kier alpha value is -4.44. The Morgan fingerprint density at radius 3 is 2.09 bits per heavy atom. The Balaban J connectivity index is 1.42. The van der Waals surface area contributed by atoms with E-state index in [9.17, 15) is 4.79 Å². The molecule has 5 rings (SSSR count). The van der Waals surface area contributed by atoms with Crippen molar-refractivity contribution in [2.45, 2.75) is 19.8 Å². The summed E-state index contributed by atoms with van der Waals surface area (Å²) in [4.78, 5) is 13.2. The van der Waals surface area contributed by atoms with Gasteiger partial charge < -0.3 is 4.57 Å². The molecule has 0 radical (unpaired) electrons. The molecule has 1 heterocycles. The van der Waals surface area contributed by atoms with E-state index in [2.05, 4.69) is 77.5 Å². The molecule has 0 aliphatic heterocycles. The molecule has 0 aliphatic carbocycles. The van der Waals surface area contributed by atoms with Crippen LogP contribution in [0.1, 0.15) is 34.0 Å². The lowest BCUT2D eigenvalue weighted by atomic mass is 9.91. The van der Waals surface area contributed by atoms with Crippen molar-refractivity contribution in [1.29, 1.82) is 0 Å². The Morgan fingerprint density at radius 1 is 0.800 bits per heavy atom. The van der Waals surface area contributed by atoms with Gasteiger partial charge in [0.05, 0.1) is 17.8 Å². The molecule has 1 aromatic heterocycles. The van der Waals surface area contributed by atoms with Gasteiger partial charge in [-0.15, -0.1) is 0 Å². The third kappa shape index (κ3) is 4.51. The van der Waals surface area contributed by atoms with Crippen LogP contribution in [0.5, 0.6) is 0 Å². The van der Waals surface area contributed by atoms with Crippen LogP contribution in [-0.2, 0) is 4.79 Å². The number of nitrogens with one attached hydrogen (secondary N) is 1. The number of nitrogens with zero attached hydrogens (tertiary/aromatic N) is 2. The second-order valence-electron chi connectivity index (χ2n) is 8.65. The van der Waals surface area contributed by atoms with Crippen LogP contribution < -0.4 is 5.43 Å². The lowest BCUT2D eigenvalue weighted by Gasteiger charge is -2.16. The van der Waals surface area contributed by atoms with Gasteiger partial charge in [-0.3, -0.25) is 4.79 Å². The largest absolute Gasteiger partial charge is 0.317 e. The van der Waals surface area contributed by atoms with Gasteiger partial charge in [0.15, 0.2) is 0 Å². The molecular formula is C31H27N3O. The third-order valence-electron chi connectivity index (χ3n) is 6.38. The van der Waals surface area contributed by atoms with Crippen molar-refractivity contribution in [3.63, 3.8) is 0 Å². The van der Waals surface area contributed by atoms with Crippen LogP contribution in [0.25, 0.3) is 16.5 Å². The monoisotopic (exact) mass is 457 g/mol. The van der Waals surface area contributed by atoms with Crippen LogP contribution in [-0.4, -0.2) is 16.7 Å². The Labute approximate surface area is 205 Å². The highest BCUT2D eigenvalue weighted by molar-refractivity contribution is 5.92. The second-order valence-corrected chi connectivity index (χ2v) is 8.65. The minimum absolute atomic E-state index is 0.165. The first-order valence-electron chi connectivity index (χ1n) is 11.7. The molecule has 4 aromatic carbocycles. The van der Waals surface area contributed by atoms with E-state index >= 15 is 0 Å². The molecular weight excluding hydrogens is 430 g/mol. The highest BCUT2D eigenvalue weighted by Gasteiger charge is 2.22. The Bertz CT molecular complexity index is 1460. The molecule has 35 heavy (non-hydrogen) atoms. The highest BCUT2D eigenvalue weighted by atomic mass is 16.2. The van der Waals surface area contributed by atoms with E-state index < -0.39 is 5.92 Å². The molecule has 5 aromatic rings. The quantitative estimate of drug-likeness (QED) is 0.229. The SMILES string of the molecule is Cc1cc(/C=N\NC(=O)C(c2ccccc2)c2ccccc2)c(C)n1-c1cccc2ccccc12. The summed E-state index contributed by atoms with van der Waals surface area (Å²) < 4.78 is 2.24. The first-order valence-corrected chi connectivity index (χ1v) is 11.7. The molecule has 0 aliphatic rings. The van der Waals surface area contributed by atoms with Crippen LogP contribution >= 0.6 is 0 Å². The molecule has 4 nitrogen and oxygen atoms in total. The van der Waals surface area contributed by atoms with E-state index in [-0.39, 0.29) is 5.91 Å². The smallest absolute Gasteiger partial charge is 0.252 e. The molecule has 1 amide bonds. The van der Waals surface area contributed by atoms with Crippen molar-refractivity contribution in [2.75, 3.05) is 0 Å². The van der Waals surface area contributed by atoms with Crippen molar-refractivity contribution in [3.8, 4) is 5.69 Å². The average Bonchev–Trinajstić information content (AvgIpc) is 3.17. The van der Waals surface area contributed by atoms with Crippen LogP contribution in [0, 0.1) is 13.8 Å². The lowest BCUT2D eigenvalue weighted by molar-refractivity contribution is -0.121. The molecule has 0 spiro atoms. The van der Waals surface area contributed by atoms with Crippen molar-refractivity contribution in [2.24, 2.45) is 5.10 Å². The summed E-state index contributed by atoms with van der Waals surface area (Å²) in [5.74, 6) is -0.598. The van der Waals surface area contributed by atoms with Gasteiger partial charge in [-0.1, -0.05) is 97.1 Å². The van der Waals surface area contributed by atoms with Crippen molar-refractivity contribution in [3.05, 3.63) is 137 Å². The predicted octanol–water partition coefficient (Wildman–Crippen LogP) is 6.53. The first kappa shape index (κ1) is 22.4. The molecule has 0 fully saturated rings. The zero-order chi connectivity index (χ0) is 24.2. The van der Waals surface area contributed by atoms with Gasteiger partial charge in [-0.05, 0) is 42.5 Å². The standard InChI is InChI=1S/C31H27N3O/c1-22-20-27(23(2)34(22)29-19-11-17-24-12-9-10-18-28(24)29)21-32-33-31(35)30(25-13-5-3-6-14-25)26-15-7-4-8-16-26/h3-21,30H,1-2H3,(H,33,35)/b32-21-. The highest BCUT2D eigenvalue weighted by Crippen LogP contribution is 2.27. The van der Waals surface area contributed by atoms with Gasteiger partial charge in [0.1, 0.15) is 0 Å². The summed E-state index contributed by atoms with van der Waals surface area (Å²) in [5, 5.41) is 6.74. The first-order chi connectivity index (χ1) is 17.1. The van der Waals surface area contributed by atoms with Crippen molar-refractivity contribution in [1.82, 2.24) is 9.99 Å². The minimum atomic E-state index is -0.433. The molecule has 0 bridgehead atoms. The third-order valence-corrected chi connectivity index (χ3v) is 6.38. The number of rotatable bonds is 6. The van der Waals surface area contributed by atoms with E-state index in [4.69, 9.17) is 0 Å². The van der Waals surface area contributed by atoms with E-state index in [0.29, 0.717) is 0 Å². The molecule has 0 atom stereocenters. The number of aromatic nitrogens is 1. The topological polar surface area (TPSA) is 46.4 Å². The van der Waals surface area contributed by atoms with Crippen LogP contribution in [0.3, 0.4) is 0 Å². The fourth-order valence-corrected chi connectivity index (χ4v) is 4.71. The number of hydrazone groups is 1. The van der Waals surface area contributed by atoms with Crippen LogP contribution in [0.2, 0.25) is 0 Å². The Kier molecular flexibility index (Phi) is 6.27. The van der Waals surface area contributed by atoms with Gasteiger partial charge in [0, 0.05) is 22.3 Å². The van der Waals surface area contributed by atoms with Crippen molar-refractivity contribution < 1.29 is 4.79 Å². The summed E-state index contributed by atoms with van der Waals surface area (Å²) in [5.41, 5.74) is 8.91. The zero-order valence-electron chi connectivity index (χ0n) is 19.8. The van der Waals surface area contributed by atoms with Gasteiger partial charge >= 0.3 is 0 Å². The Morgan fingerprint density at radius 2 is 1.40 bits per heavy atom. The number of hydrogen-bond donors (Lipinski definition) is 1. The lowest BCUT2D eigenvalue weighted by Crippen LogP contribution is -2.26. The molecule has 4 heteroatoms. The maximum atomic E-state index is 13.2. The van der Waals surface area contributed by atoms with Crippen LogP contribution in [0.4, 0.5) is 0 Å². The van der Waals surface area contributed by atoms with E-state index in [1.54, 1.807) is 6.21 Å². The van der Waals surface area contributed by atoms with E-state index in [1.165, 1.54) is 10.8 Å². The number of benzene rings is 4. The molecule has 1 N–H and O–H groups in total. The molecule has 0 unspecified atom stereocenters. The number of aryl methyl sites for hydroxylation is 1. The molecule has 0 saturated heterocycles. The predicted molar refractivity (Wildman–Crippen MR) is 143 cm³/mol. The average molecular weight is 458 g/mol. The zero-order valence-corrected chi connectivity index (χ0v) is 19.8. The second kappa shape index (κ2) is 9.82. The minimum Gasteiger partial charge on any atom is -0.317 e. The maximum absolute atomic E-state index is 13.2. The summed E-state index contributed by atoms with van der Waals surface area (Å²) in [6.45, 7) is 4.17. The van der Waals surface area contributed by atoms with E-state index in [1.807, 2.05) is 60.7 Å². The molecule has 172 valence electrons. The normalized spacial score (nSPS) is 11.4. The summed E-state index contributed by atoms with van der Waals surface area (Å²) in [6, 6.07) is 36.4. The number of carbonyl (C=O) groups excluding carboxylic acids is 1. The van der Waals surface area contributed by atoms with E-state index in [0.717, 1.165) is 33.8 Å². The van der Waals surface area contributed by atoms with Crippen LogP contribution in [0.15, 0.2) is 114 Å². The van der Waals surface area contributed by atoms with Crippen molar-refractivity contribution >= 4 is 22.9 Å². The molecule has 0 saturated carbocycles. The number of amides is 1. The van der Waals surface area contributed by atoms with Gasteiger partial charge in [-0.25, -0.2) is 5.43 Å². The van der Waals surface area contributed by atoms with Gasteiger partial charge in [-0.2, -0.15) is 5.10 Å². The summed E-state index contributed by atoms with van der Waals surface area (Å²) >= 11 is 0. The van der Waals surface area contributed by atoms with Gasteiger partial charge in [0.2, 0.25) is 0 Å². The summed E-state index contributed by atoms with van der Waals surface area (Å²) in [7, 11) is 0. The fraction of sp³-hybridized carbons (Fsp3) is 0.0968. The van der Waals surface area contributed by atoms with Gasteiger partial charge in [0.25, 0.3) is 5.91 Å². The number of fused-ring (bicyclic) bond motifs is 1. The fourth-order valence-electron chi connectivity index (χ4n) is 4.71. The number of hydrogen-bond acceptors (Lipinski definition) is 2. The summed E-state index contributed by atoms with van der Waals surface area (Å²) in [6.07, 6.45) is 1.73.